The van der Waals surface area contributed by atoms with Crippen molar-refractivity contribution >= 4 is 29.2 Å². The minimum absolute atomic E-state index is 0.0545. The van der Waals surface area contributed by atoms with Crippen LogP contribution in [0, 0.1) is 12.7 Å². The van der Waals surface area contributed by atoms with E-state index in [1.165, 1.54) is 6.92 Å². The van der Waals surface area contributed by atoms with Gasteiger partial charge in [-0.25, -0.2) is 13.5 Å². The highest BCUT2D eigenvalue weighted by atomic mass is 35.5. The molecular formula is C16H12ClF10N3OS. The quantitative estimate of drug-likeness (QED) is 0.333. The van der Waals surface area contributed by atoms with Crippen LogP contribution in [0.2, 0.25) is 5.02 Å². The van der Waals surface area contributed by atoms with Crippen molar-refractivity contribution < 1.29 is 48.6 Å². The fourth-order valence-corrected chi connectivity index (χ4v) is 3.38. The van der Waals surface area contributed by atoms with Gasteiger partial charge in [-0.1, -0.05) is 11.6 Å². The fraction of sp³-hybridized carbons (Fsp3) is 0.438. The molecule has 0 aliphatic carbocycles. The Balaban J connectivity index is 2.51. The standard InChI is InChI=1S/C16H12ClF10N3OS/c1-6-3-7(18)8(4-9(6)32-5-14(20,21)22)30-11(28-2)10(17)12(29-30)31-16(26,27)13(19)15(23,24)25/h3-4,13,28H,5H2,1-2H3. The van der Waals surface area contributed by atoms with E-state index in [1.807, 2.05) is 0 Å². The molecule has 0 amide bonds. The minimum Gasteiger partial charge on any atom is -0.409 e. The second-order valence-corrected chi connectivity index (χ2v) is 7.57. The molecule has 1 atom stereocenters. The summed E-state index contributed by atoms with van der Waals surface area (Å²) >= 11 is 6.07. The van der Waals surface area contributed by atoms with Crippen molar-refractivity contribution in [2.24, 2.45) is 0 Å². The molecule has 2 rings (SSSR count). The largest absolute Gasteiger partial charge is 0.440 e. The molecule has 1 heterocycles. The molecular weight excluding hydrogens is 508 g/mol. The molecule has 32 heavy (non-hydrogen) atoms. The normalized spacial score (nSPS) is 13.9. The molecule has 2 aromatic rings. The number of thioether (sulfide) groups is 1. The number of nitrogens with zero attached hydrogens (tertiary/aromatic N) is 2. The van der Waals surface area contributed by atoms with Crippen molar-refractivity contribution in [1.29, 1.82) is 0 Å². The van der Waals surface area contributed by atoms with E-state index in [0.717, 1.165) is 19.2 Å². The van der Waals surface area contributed by atoms with E-state index in [0.29, 0.717) is 16.4 Å². The van der Waals surface area contributed by atoms with Crippen LogP contribution in [0.4, 0.5) is 49.7 Å². The first kappa shape index (κ1) is 26.2. The highest BCUT2D eigenvalue weighted by molar-refractivity contribution is 7.99. The van der Waals surface area contributed by atoms with Gasteiger partial charge < -0.3 is 10.1 Å². The first-order chi connectivity index (χ1) is 14.5. The Morgan fingerprint density at radius 3 is 2.25 bits per heavy atom. The first-order valence-electron chi connectivity index (χ1n) is 8.22. The molecule has 0 bridgehead atoms. The van der Waals surface area contributed by atoms with E-state index in [9.17, 15) is 43.9 Å². The van der Waals surface area contributed by atoms with Crippen molar-refractivity contribution in [3.63, 3.8) is 0 Å². The van der Waals surface area contributed by atoms with Crippen LogP contribution in [-0.2, 0) is 0 Å². The maximum absolute atomic E-state index is 14.5. The number of rotatable bonds is 7. The Kier molecular flexibility index (Phi) is 7.44. The summed E-state index contributed by atoms with van der Waals surface area (Å²) in [6, 6.07) is 1.74. The van der Waals surface area contributed by atoms with Crippen molar-refractivity contribution in [3.8, 4) is 11.6 Å². The van der Waals surface area contributed by atoms with Gasteiger partial charge in [0.15, 0.2) is 5.82 Å². The van der Waals surface area contributed by atoms with Gasteiger partial charge in [0.1, 0.15) is 16.5 Å². The Morgan fingerprint density at radius 2 is 1.75 bits per heavy atom. The number of benzene rings is 1. The van der Waals surface area contributed by atoms with Gasteiger partial charge in [-0.3, -0.25) is 0 Å². The van der Waals surface area contributed by atoms with Crippen LogP contribution >= 0.6 is 23.4 Å². The molecule has 1 unspecified atom stereocenters. The zero-order valence-corrected chi connectivity index (χ0v) is 17.4. The Bertz CT molecular complexity index is 976. The second kappa shape index (κ2) is 9.08. The summed E-state index contributed by atoms with van der Waals surface area (Å²) < 4.78 is 134. The predicted molar refractivity (Wildman–Crippen MR) is 96.1 cm³/mol. The van der Waals surface area contributed by atoms with E-state index in [-0.39, 0.29) is 10.5 Å². The molecule has 0 saturated carbocycles. The van der Waals surface area contributed by atoms with Crippen LogP contribution in [0.25, 0.3) is 5.69 Å². The first-order valence-corrected chi connectivity index (χ1v) is 9.58. The number of nitrogens with one attached hydrogen (secondary N) is 1. The summed E-state index contributed by atoms with van der Waals surface area (Å²) in [4.78, 5) is -0.0545. The third-order valence-electron chi connectivity index (χ3n) is 3.71. The van der Waals surface area contributed by atoms with E-state index in [2.05, 4.69) is 15.2 Å². The van der Waals surface area contributed by atoms with Crippen LogP contribution in [0.3, 0.4) is 0 Å². The number of hydrogen-bond acceptors (Lipinski definition) is 4. The molecule has 1 N–H and O–H groups in total. The second-order valence-electron chi connectivity index (χ2n) is 6.17. The summed E-state index contributed by atoms with van der Waals surface area (Å²) in [5, 5.41) is 4.82. The number of aryl methyl sites for hydroxylation is 1. The number of ether oxygens (including phenoxy) is 1. The summed E-state index contributed by atoms with van der Waals surface area (Å²) in [6.07, 6.45) is -20.7. The lowest BCUT2D eigenvalue weighted by Gasteiger charge is -2.21. The lowest BCUT2D eigenvalue weighted by molar-refractivity contribution is -0.305. The highest BCUT2D eigenvalue weighted by Gasteiger charge is 2.60. The molecule has 0 radical (unpaired) electrons. The summed E-state index contributed by atoms with van der Waals surface area (Å²) in [7, 11) is 1.15. The molecule has 16 heteroatoms. The van der Waals surface area contributed by atoms with Gasteiger partial charge in [0.25, 0.3) is 12.1 Å². The lowest BCUT2D eigenvalue weighted by Crippen LogP contribution is -2.45. The maximum Gasteiger partial charge on any atom is 0.440 e. The summed E-state index contributed by atoms with van der Waals surface area (Å²) in [6.45, 7) is 1.31. The van der Waals surface area contributed by atoms with Crippen LogP contribution in [0.5, 0.6) is 5.88 Å². The number of anilines is 1. The topological polar surface area (TPSA) is 39.1 Å². The molecule has 0 aliphatic rings. The molecule has 0 spiro atoms. The maximum atomic E-state index is 14.5. The number of alkyl halides is 9. The lowest BCUT2D eigenvalue weighted by atomic mass is 10.2. The van der Waals surface area contributed by atoms with E-state index in [1.54, 1.807) is 0 Å². The number of halogens is 11. The van der Waals surface area contributed by atoms with E-state index in [4.69, 9.17) is 11.6 Å². The van der Waals surface area contributed by atoms with Crippen LogP contribution in [-0.4, -0.2) is 47.2 Å². The SMILES string of the molecule is CNc1c(Cl)c(OC(F)(F)C(F)C(F)(F)F)nn1-c1cc(SCC(F)(F)F)c(C)cc1F. The molecule has 180 valence electrons. The Morgan fingerprint density at radius 1 is 1.16 bits per heavy atom. The van der Waals surface area contributed by atoms with Crippen LogP contribution in [0.15, 0.2) is 17.0 Å². The molecule has 0 aliphatic heterocycles. The van der Waals surface area contributed by atoms with Crippen molar-refractivity contribution in [2.45, 2.75) is 36.5 Å². The Hall–Kier alpha value is -2.03. The minimum atomic E-state index is -5.97. The van der Waals surface area contributed by atoms with Gasteiger partial charge >= 0.3 is 18.5 Å². The average Bonchev–Trinajstić information content (AvgIpc) is 2.93. The smallest absolute Gasteiger partial charge is 0.409 e. The Labute approximate surface area is 182 Å². The van der Waals surface area contributed by atoms with E-state index < -0.39 is 58.6 Å². The van der Waals surface area contributed by atoms with Gasteiger partial charge in [0.2, 0.25) is 0 Å². The zero-order chi connectivity index (χ0) is 24.6. The van der Waals surface area contributed by atoms with Crippen molar-refractivity contribution in [1.82, 2.24) is 9.78 Å². The fourth-order valence-electron chi connectivity index (χ4n) is 2.32. The number of hydrogen-bond donors (Lipinski definition) is 1. The molecule has 0 saturated heterocycles. The molecule has 0 fully saturated rings. The zero-order valence-electron chi connectivity index (χ0n) is 15.8. The average molecular weight is 520 g/mol. The van der Waals surface area contributed by atoms with Crippen LogP contribution in [0.1, 0.15) is 5.56 Å². The monoisotopic (exact) mass is 519 g/mol. The van der Waals surface area contributed by atoms with Gasteiger partial charge in [0, 0.05) is 11.9 Å². The number of aromatic nitrogens is 2. The van der Waals surface area contributed by atoms with Gasteiger partial charge in [-0.15, -0.1) is 16.9 Å². The van der Waals surface area contributed by atoms with Gasteiger partial charge in [0.05, 0.1) is 5.75 Å². The van der Waals surface area contributed by atoms with Gasteiger partial charge in [-0.2, -0.15) is 35.1 Å². The summed E-state index contributed by atoms with van der Waals surface area (Å²) in [5.41, 5.74) is -0.476. The van der Waals surface area contributed by atoms with Crippen molar-refractivity contribution in [3.05, 3.63) is 28.5 Å². The van der Waals surface area contributed by atoms with Crippen molar-refractivity contribution in [2.75, 3.05) is 18.1 Å². The molecule has 1 aromatic carbocycles. The van der Waals surface area contributed by atoms with Crippen LogP contribution < -0.4 is 10.1 Å². The molecule has 1 aromatic heterocycles. The predicted octanol–water partition coefficient (Wildman–Crippen LogP) is 6.54. The third kappa shape index (κ3) is 5.85. The summed E-state index contributed by atoms with van der Waals surface area (Å²) in [5.74, 6) is -4.24. The third-order valence-corrected chi connectivity index (χ3v) is 5.28. The van der Waals surface area contributed by atoms with E-state index >= 15 is 0 Å². The van der Waals surface area contributed by atoms with Gasteiger partial charge in [-0.05, 0) is 24.6 Å². The highest BCUT2D eigenvalue weighted by Crippen LogP contribution is 2.41. The molecule has 4 nitrogen and oxygen atoms in total.